The molecule has 8 rings (SSSR count). The molecule has 1 spiro atoms. The number of fused-ring (bicyclic) bond motifs is 5. The SMILES string of the molecule is C[C@@H]([C@@H]1CCCN1C)n1ncc2c(-n3ccc(S(N)(=O)=O)n3)nc(-c3noc4c3CCC[C@@]43CCCc4sc(N)c(C#N)c43)nc21. The van der Waals surface area contributed by atoms with Gasteiger partial charge in [-0.15, -0.1) is 11.3 Å². The summed E-state index contributed by atoms with van der Waals surface area (Å²) >= 11 is 1.50. The van der Waals surface area contributed by atoms with Crippen LogP contribution in [0, 0.1) is 11.3 Å². The number of nitriles is 1. The quantitative estimate of drug-likeness (QED) is 0.280. The lowest BCUT2D eigenvalue weighted by molar-refractivity contribution is 0.232. The first-order chi connectivity index (χ1) is 22.1. The fraction of sp³-hybridized carbons (Fsp3) is 0.467. The van der Waals surface area contributed by atoms with E-state index < -0.39 is 15.4 Å². The van der Waals surface area contributed by atoms with Crippen molar-refractivity contribution >= 4 is 37.4 Å². The first-order valence-electron chi connectivity index (χ1n) is 15.5. The lowest BCUT2D eigenvalue weighted by atomic mass is 9.63. The van der Waals surface area contributed by atoms with E-state index in [9.17, 15) is 13.7 Å². The minimum atomic E-state index is -4.04. The highest BCUT2D eigenvalue weighted by atomic mass is 32.2. The number of nitrogens with zero attached hydrogens (tertiary/aromatic N) is 9. The maximum absolute atomic E-state index is 12.1. The van der Waals surface area contributed by atoms with Crippen LogP contribution in [0.15, 0.2) is 28.0 Å². The molecule has 5 aromatic heterocycles. The third kappa shape index (κ3) is 4.25. The van der Waals surface area contributed by atoms with Gasteiger partial charge < -0.3 is 15.2 Å². The second-order valence-corrected chi connectivity index (χ2v) is 15.3. The number of nitrogens with two attached hydrogens (primary N) is 2. The molecular formula is C30H33N11O3S2. The van der Waals surface area contributed by atoms with Crippen LogP contribution >= 0.6 is 11.3 Å². The monoisotopic (exact) mass is 659 g/mol. The number of likely N-dealkylation sites (N-methyl/N-ethyl adjacent to an activating group) is 1. The van der Waals surface area contributed by atoms with E-state index in [4.69, 9.17) is 30.5 Å². The predicted octanol–water partition coefficient (Wildman–Crippen LogP) is 3.44. The van der Waals surface area contributed by atoms with Crippen LogP contribution in [-0.2, 0) is 28.3 Å². The fourth-order valence-electron chi connectivity index (χ4n) is 7.99. The van der Waals surface area contributed by atoms with Gasteiger partial charge in [-0.1, -0.05) is 5.16 Å². The molecule has 1 saturated heterocycles. The van der Waals surface area contributed by atoms with Gasteiger partial charge >= 0.3 is 0 Å². The van der Waals surface area contributed by atoms with Gasteiger partial charge in [0.2, 0.25) is 0 Å². The van der Waals surface area contributed by atoms with Crippen molar-refractivity contribution in [1.82, 2.24) is 39.6 Å². The zero-order valence-electron chi connectivity index (χ0n) is 25.5. The molecule has 5 aromatic rings. The van der Waals surface area contributed by atoms with Crippen molar-refractivity contribution in [2.45, 2.75) is 80.8 Å². The molecule has 1 aliphatic heterocycles. The molecule has 16 heteroatoms. The van der Waals surface area contributed by atoms with Crippen LogP contribution in [-0.4, -0.2) is 67.6 Å². The Hall–Kier alpha value is -4.17. The maximum Gasteiger partial charge on any atom is 0.257 e. The number of hydrogen-bond donors (Lipinski definition) is 2. The highest BCUT2D eigenvalue weighted by molar-refractivity contribution is 7.89. The molecule has 14 nitrogen and oxygen atoms in total. The number of likely N-dealkylation sites (tertiary alicyclic amines) is 1. The van der Waals surface area contributed by atoms with Crippen LogP contribution in [0.25, 0.3) is 28.4 Å². The maximum atomic E-state index is 12.1. The van der Waals surface area contributed by atoms with Crippen LogP contribution in [0.5, 0.6) is 0 Å². The van der Waals surface area contributed by atoms with Crippen molar-refractivity contribution in [3.63, 3.8) is 0 Å². The molecule has 238 valence electrons. The predicted molar refractivity (Wildman–Crippen MR) is 170 cm³/mol. The summed E-state index contributed by atoms with van der Waals surface area (Å²) in [5, 5.41) is 30.0. The second kappa shape index (κ2) is 10.4. The first kappa shape index (κ1) is 29.2. The molecule has 0 amide bonds. The molecule has 1 fully saturated rings. The summed E-state index contributed by atoms with van der Waals surface area (Å²) in [6.45, 7) is 3.15. The lowest BCUT2D eigenvalue weighted by Gasteiger charge is -2.39. The molecule has 2 aliphatic carbocycles. The Morgan fingerprint density at radius 2 is 2.02 bits per heavy atom. The Morgan fingerprint density at radius 1 is 1.22 bits per heavy atom. The highest BCUT2D eigenvalue weighted by Crippen LogP contribution is 2.55. The van der Waals surface area contributed by atoms with E-state index in [1.807, 2.05) is 4.68 Å². The van der Waals surface area contributed by atoms with E-state index in [1.165, 1.54) is 28.3 Å². The number of primary sulfonamides is 1. The minimum absolute atomic E-state index is 0.00167. The molecule has 46 heavy (non-hydrogen) atoms. The van der Waals surface area contributed by atoms with Crippen molar-refractivity contribution in [2.24, 2.45) is 5.14 Å². The van der Waals surface area contributed by atoms with Gasteiger partial charge in [-0.25, -0.2) is 32.9 Å². The van der Waals surface area contributed by atoms with E-state index in [0.717, 1.165) is 73.3 Å². The summed E-state index contributed by atoms with van der Waals surface area (Å²) in [6, 6.07) is 3.98. The number of anilines is 1. The average molecular weight is 660 g/mol. The van der Waals surface area contributed by atoms with Gasteiger partial charge in [0.15, 0.2) is 33.8 Å². The Labute approximate surface area is 269 Å². The summed E-state index contributed by atoms with van der Waals surface area (Å²) in [4.78, 5) is 13.5. The Morgan fingerprint density at radius 3 is 2.74 bits per heavy atom. The van der Waals surface area contributed by atoms with E-state index in [0.29, 0.717) is 45.4 Å². The Bertz CT molecular complexity index is 2170. The van der Waals surface area contributed by atoms with E-state index >= 15 is 0 Å². The number of thiophene rings is 1. The number of sulfonamides is 1. The molecule has 0 bridgehead atoms. The van der Waals surface area contributed by atoms with Gasteiger partial charge in [0, 0.05) is 22.7 Å². The summed E-state index contributed by atoms with van der Waals surface area (Å²) in [6.07, 6.45) is 10.4. The normalized spacial score (nSPS) is 22.3. The number of hydrogen-bond acceptors (Lipinski definition) is 12. The Kier molecular flexibility index (Phi) is 6.63. The van der Waals surface area contributed by atoms with E-state index in [1.54, 1.807) is 6.20 Å². The molecule has 0 aromatic carbocycles. The van der Waals surface area contributed by atoms with Crippen LogP contribution < -0.4 is 10.9 Å². The van der Waals surface area contributed by atoms with Gasteiger partial charge in [0.25, 0.3) is 10.0 Å². The lowest BCUT2D eigenvalue weighted by Crippen LogP contribution is -2.35. The zero-order chi connectivity index (χ0) is 32.0. The Balaban J connectivity index is 1.32. The van der Waals surface area contributed by atoms with Crippen molar-refractivity contribution in [3.05, 3.63) is 45.8 Å². The smallest absolute Gasteiger partial charge is 0.257 e. The summed E-state index contributed by atoms with van der Waals surface area (Å²) in [7, 11) is -1.92. The highest BCUT2D eigenvalue weighted by Gasteiger charge is 2.49. The molecular weight excluding hydrogens is 627 g/mol. The third-order valence-corrected chi connectivity index (χ3v) is 12.0. The average Bonchev–Trinajstić information content (AvgIpc) is 3.85. The largest absolute Gasteiger partial charge is 0.389 e. The van der Waals surface area contributed by atoms with Gasteiger partial charge in [-0.2, -0.15) is 15.5 Å². The van der Waals surface area contributed by atoms with Crippen molar-refractivity contribution in [3.8, 4) is 23.4 Å². The van der Waals surface area contributed by atoms with Gasteiger partial charge in [-0.3, -0.25) is 0 Å². The standard InChI is InChI=1S/C30H33N11O3S2/c1-16(20-7-5-12-39(20)2)41-29-19(15-34-41)28(40-13-9-22(37-40)46(33,42)43)35-27(36-29)24-17-6-3-10-30(25(17)44-38-24)11-4-8-21-23(30)18(14-31)26(32)45-21/h9,13,15-16,20H,3-8,10-12,32H2,1-2H3,(H2,33,42,43)/t16-,20-,30-/m0/s1. The minimum Gasteiger partial charge on any atom is -0.389 e. The number of nitrogen functional groups attached to an aromatic ring is 1. The van der Waals surface area contributed by atoms with E-state index in [-0.39, 0.29) is 17.1 Å². The van der Waals surface area contributed by atoms with Gasteiger partial charge in [-0.05, 0) is 83.5 Å². The summed E-state index contributed by atoms with van der Waals surface area (Å²) < 4.78 is 33.8. The molecule has 0 unspecified atom stereocenters. The number of aromatic nitrogens is 7. The number of rotatable bonds is 5. The molecule has 3 aliphatic rings. The summed E-state index contributed by atoms with van der Waals surface area (Å²) in [5.74, 6) is 1.43. The molecule has 0 saturated carbocycles. The van der Waals surface area contributed by atoms with Crippen molar-refractivity contribution < 1.29 is 12.9 Å². The molecule has 6 heterocycles. The van der Waals surface area contributed by atoms with Gasteiger partial charge in [0.05, 0.1) is 28.6 Å². The zero-order valence-corrected chi connectivity index (χ0v) is 27.1. The van der Waals surface area contributed by atoms with Crippen molar-refractivity contribution in [1.29, 1.82) is 5.26 Å². The number of aryl methyl sites for hydroxylation is 1. The van der Waals surface area contributed by atoms with Crippen LogP contribution in [0.4, 0.5) is 5.00 Å². The van der Waals surface area contributed by atoms with Crippen LogP contribution in [0.2, 0.25) is 0 Å². The topological polar surface area (TPSA) is 201 Å². The van der Waals surface area contributed by atoms with E-state index in [2.05, 4.69) is 35.2 Å². The first-order valence-corrected chi connectivity index (χ1v) is 17.8. The van der Waals surface area contributed by atoms with Gasteiger partial charge in [0.1, 0.15) is 11.1 Å². The van der Waals surface area contributed by atoms with Crippen LogP contribution in [0.3, 0.4) is 0 Å². The van der Waals surface area contributed by atoms with Crippen LogP contribution in [0.1, 0.15) is 78.8 Å². The van der Waals surface area contributed by atoms with Crippen molar-refractivity contribution in [2.75, 3.05) is 19.3 Å². The summed E-state index contributed by atoms with van der Waals surface area (Å²) in [5.41, 5.74) is 9.40. The molecule has 4 N–H and O–H groups in total. The fourth-order valence-corrected chi connectivity index (χ4v) is 9.61. The molecule has 0 radical (unpaired) electrons. The second-order valence-electron chi connectivity index (χ2n) is 12.7. The molecule has 3 atom stereocenters. The third-order valence-electron chi connectivity index (χ3n) is 10.1.